The SMILES string of the molecule is C=CCC1(CC=C)CCN([C@@H](C)c2ccc(Br)cc2)C(=O)O1. The van der Waals surface area contributed by atoms with Gasteiger partial charge in [-0.15, -0.1) is 13.2 Å². The fraction of sp³-hybridized carbons (Fsp3) is 0.389. The molecule has 118 valence electrons. The summed E-state index contributed by atoms with van der Waals surface area (Å²) in [5.41, 5.74) is 0.622. The predicted octanol–water partition coefficient (Wildman–Crippen LogP) is 5.24. The highest BCUT2D eigenvalue weighted by Gasteiger charge is 2.40. The van der Waals surface area contributed by atoms with Crippen molar-refractivity contribution in [1.29, 1.82) is 0 Å². The van der Waals surface area contributed by atoms with Gasteiger partial charge in [-0.2, -0.15) is 0 Å². The first-order valence-electron chi connectivity index (χ1n) is 7.48. The fourth-order valence-corrected chi connectivity index (χ4v) is 3.14. The van der Waals surface area contributed by atoms with E-state index in [2.05, 4.69) is 29.1 Å². The van der Waals surface area contributed by atoms with Crippen LogP contribution >= 0.6 is 15.9 Å². The van der Waals surface area contributed by atoms with Gasteiger partial charge in [-0.05, 0) is 24.6 Å². The maximum atomic E-state index is 12.5. The molecule has 4 heteroatoms. The highest BCUT2D eigenvalue weighted by atomic mass is 79.9. The lowest BCUT2D eigenvalue weighted by molar-refractivity contribution is -0.0526. The Morgan fingerprint density at radius 1 is 1.32 bits per heavy atom. The minimum atomic E-state index is -0.476. The molecule has 22 heavy (non-hydrogen) atoms. The minimum Gasteiger partial charge on any atom is -0.442 e. The molecule has 0 saturated carbocycles. The number of hydrogen-bond donors (Lipinski definition) is 0. The summed E-state index contributed by atoms with van der Waals surface area (Å²) in [6, 6.07) is 8.02. The number of halogens is 1. The molecule has 1 saturated heterocycles. The van der Waals surface area contributed by atoms with Gasteiger partial charge >= 0.3 is 6.09 Å². The summed E-state index contributed by atoms with van der Waals surface area (Å²) in [5, 5.41) is 0. The van der Waals surface area contributed by atoms with Gasteiger partial charge in [0, 0.05) is 30.3 Å². The van der Waals surface area contributed by atoms with E-state index >= 15 is 0 Å². The van der Waals surface area contributed by atoms with Gasteiger partial charge < -0.3 is 9.64 Å². The molecule has 0 N–H and O–H groups in total. The lowest BCUT2D eigenvalue weighted by Gasteiger charge is -2.42. The molecule has 0 spiro atoms. The quantitative estimate of drug-likeness (QED) is 0.646. The van der Waals surface area contributed by atoms with E-state index in [9.17, 15) is 4.79 Å². The topological polar surface area (TPSA) is 29.5 Å². The molecular formula is C18H22BrNO2. The first kappa shape index (κ1) is 16.8. The summed E-state index contributed by atoms with van der Waals surface area (Å²) in [5.74, 6) is 0. The number of nitrogens with zero attached hydrogens (tertiary/aromatic N) is 1. The minimum absolute atomic E-state index is 0.00828. The first-order chi connectivity index (χ1) is 10.5. The standard InChI is InChI=1S/C18H22BrNO2/c1-4-10-18(11-5-2)12-13-20(17(21)22-18)14(3)15-6-8-16(19)9-7-15/h4-9,14H,1-2,10-13H2,3H3/t14-/m0/s1. The van der Waals surface area contributed by atoms with Crippen molar-refractivity contribution in [2.24, 2.45) is 0 Å². The van der Waals surface area contributed by atoms with Crippen LogP contribution in [0.25, 0.3) is 0 Å². The highest BCUT2D eigenvalue weighted by molar-refractivity contribution is 9.10. The summed E-state index contributed by atoms with van der Waals surface area (Å²) in [4.78, 5) is 14.3. The van der Waals surface area contributed by atoms with Crippen molar-refractivity contribution < 1.29 is 9.53 Å². The van der Waals surface area contributed by atoms with Gasteiger partial charge in [0.2, 0.25) is 0 Å². The zero-order valence-electron chi connectivity index (χ0n) is 12.9. The average Bonchev–Trinajstić information content (AvgIpc) is 2.48. The van der Waals surface area contributed by atoms with Gasteiger partial charge in [-0.25, -0.2) is 4.79 Å². The van der Waals surface area contributed by atoms with Crippen molar-refractivity contribution in [3.05, 3.63) is 59.6 Å². The summed E-state index contributed by atoms with van der Waals surface area (Å²) in [7, 11) is 0. The van der Waals surface area contributed by atoms with Crippen molar-refractivity contribution in [3.63, 3.8) is 0 Å². The molecule has 0 unspecified atom stereocenters. The Kier molecular flexibility index (Phi) is 5.46. The molecule has 1 amide bonds. The molecule has 2 rings (SSSR count). The van der Waals surface area contributed by atoms with Gasteiger partial charge in [-0.1, -0.05) is 40.2 Å². The van der Waals surface area contributed by atoms with Crippen LogP contribution in [0, 0.1) is 0 Å². The first-order valence-corrected chi connectivity index (χ1v) is 8.27. The van der Waals surface area contributed by atoms with Crippen LogP contribution in [0.15, 0.2) is 54.0 Å². The van der Waals surface area contributed by atoms with Crippen LogP contribution in [-0.2, 0) is 4.74 Å². The Balaban J connectivity index is 2.12. The molecule has 1 aromatic rings. The smallest absolute Gasteiger partial charge is 0.410 e. The number of amides is 1. The molecule has 0 aromatic heterocycles. The van der Waals surface area contributed by atoms with Crippen molar-refractivity contribution in [1.82, 2.24) is 4.90 Å². The number of benzene rings is 1. The molecule has 0 bridgehead atoms. The number of carbonyl (C=O) groups is 1. The molecule has 0 radical (unpaired) electrons. The van der Waals surface area contributed by atoms with E-state index in [1.807, 2.05) is 43.3 Å². The third-order valence-corrected chi connectivity index (χ3v) is 4.73. The molecule has 1 fully saturated rings. The van der Waals surface area contributed by atoms with Crippen molar-refractivity contribution in [3.8, 4) is 0 Å². The van der Waals surface area contributed by atoms with E-state index in [-0.39, 0.29) is 12.1 Å². The molecular weight excluding hydrogens is 342 g/mol. The van der Waals surface area contributed by atoms with Crippen LogP contribution in [0.2, 0.25) is 0 Å². The van der Waals surface area contributed by atoms with Crippen LogP contribution in [-0.4, -0.2) is 23.1 Å². The van der Waals surface area contributed by atoms with Gasteiger partial charge in [0.15, 0.2) is 0 Å². The lowest BCUT2D eigenvalue weighted by atomic mass is 9.89. The number of carbonyl (C=O) groups excluding carboxylic acids is 1. The largest absolute Gasteiger partial charge is 0.442 e. The van der Waals surface area contributed by atoms with E-state index in [1.54, 1.807) is 4.90 Å². The Morgan fingerprint density at radius 2 is 1.91 bits per heavy atom. The second kappa shape index (κ2) is 7.14. The molecule has 1 atom stereocenters. The second-order valence-electron chi connectivity index (χ2n) is 5.71. The summed E-state index contributed by atoms with van der Waals surface area (Å²) >= 11 is 3.43. The van der Waals surface area contributed by atoms with E-state index in [4.69, 9.17) is 4.74 Å². The molecule has 1 heterocycles. The monoisotopic (exact) mass is 363 g/mol. The second-order valence-corrected chi connectivity index (χ2v) is 6.62. The number of hydrogen-bond acceptors (Lipinski definition) is 2. The van der Waals surface area contributed by atoms with Gasteiger partial charge in [0.05, 0.1) is 6.04 Å². The van der Waals surface area contributed by atoms with Gasteiger partial charge in [-0.3, -0.25) is 0 Å². The molecule has 0 aliphatic carbocycles. The lowest BCUT2D eigenvalue weighted by Crippen LogP contribution is -2.49. The Morgan fingerprint density at radius 3 is 2.41 bits per heavy atom. The summed E-state index contributed by atoms with van der Waals surface area (Å²) < 4.78 is 6.80. The van der Waals surface area contributed by atoms with Crippen molar-refractivity contribution >= 4 is 22.0 Å². The van der Waals surface area contributed by atoms with Crippen molar-refractivity contribution in [2.45, 2.75) is 37.8 Å². The van der Waals surface area contributed by atoms with Crippen LogP contribution in [0.3, 0.4) is 0 Å². The summed E-state index contributed by atoms with van der Waals surface area (Å²) in [6.45, 7) is 10.3. The maximum Gasteiger partial charge on any atom is 0.410 e. The van der Waals surface area contributed by atoms with Gasteiger partial charge in [0.25, 0.3) is 0 Å². The Labute approximate surface area is 140 Å². The highest BCUT2D eigenvalue weighted by Crippen LogP contribution is 2.34. The average molecular weight is 364 g/mol. The third-order valence-electron chi connectivity index (χ3n) is 4.20. The third kappa shape index (κ3) is 3.61. The van der Waals surface area contributed by atoms with E-state index in [0.717, 1.165) is 16.5 Å². The fourth-order valence-electron chi connectivity index (χ4n) is 2.88. The van der Waals surface area contributed by atoms with E-state index < -0.39 is 5.60 Å². The van der Waals surface area contributed by atoms with Crippen molar-refractivity contribution in [2.75, 3.05) is 6.54 Å². The molecule has 1 aliphatic heterocycles. The molecule has 3 nitrogen and oxygen atoms in total. The van der Waals surface area contributed by atoms with Crippen LogP contribution in [0.1, 0.15) is 37.8 Å². The Hall–Kier alpha value is -1.55. The zero-order valence-corrected chi connectivity index (χ0v) is 14.5. The number of rotatable bonds is 6. The van der Waals surface area contributed by atoms with Gasteiger partial charge in [0.1, 0.15) is 5.60 Å². The number of ether oxygens (including phenoxy) is 1. The van der Waals surface area contributed by atoms with Crippen LogP contribution < -0.4 is 0 Å². The molecule has 1 aliphatic rings. The van der Waals surface area contributed by atoms with Crippen LogP contribution in [0.5, 0.6) is 0 Å². The Bertz CT molecular complexity index is 543. The van der Waals surface area contributed by atoms with E-state index in [1.165, 1.54) is 0 Å². The van der Waals surface area contributed by atoms with Crippen LogP contribution in [0.4, 0.5) is 4.79 Å². The molecule has 1 aromatic carbocycles. The normalized spacial score (nSPS) is 18.5. The summed E-state index contributed by atoms with van der Waals surface area (Å²) in [6.07, 6.45) is 5.47. The van der Waals surface area contributed by atoms with E-state index in [0.29, 0.717) is 19.4 Å². The number of cyclic esters (lactones) is 1. The zero-order chi connectivity index (χ0) is 16.2. The maximum absolute atomic E-state index is 12.5. The predicted molar refractivity (Wildman–Crippen MR) is 92.7 cm³/mol.